The predicted octanol–water partition coefficient (Wildman–Crippen LogP) is -0.578. The van der Waals surface area contributed by atoms with Crippen LogP contribution in [0, 0.1) is 0 Å². The maximum atomic E-state index is 11.7. The molecule has 0 unspecified atom stereocenters. The van der Waals surface area contributed by atoms with Crippen LogP contribution < -0.4 is 11.2 Å². The maximum absolute atomic E-state index is 11.7. The van der Waals surface area contributed by atoms with Gasteiger partial charge in [-0.2, -0.15) is 0 Å². The maximum Gasteiger partial charge on any atom is 0.292 e. The van der Waals surface area contributed by atoms with Crippen molar-refractivity contribution in [2.75, 3.05) is 12.0 Å². The number of hydrogen-bond acceptors (Lipinski definition) is 4. The lowest BCUT2D eigenvalue weighted by molar-refractivity contribution is 0.100. The van der Waals surface area contributed by atoms with Gasteiger partial charge in [-0.15, -0.1) is 5.10 Å². The topological polar surface area (TPSA) is 90.8 Å². The summed E-state index contributed by atoms with van der Waals surface area (Å²) in [5, 5.41) is 7.52. The van der Waals surface area contributed by atoms with Crippen LogP contribution in [0.1, 0.15) is 10.5 Å². The lowest BCUT2D eigenvalue weighted by Gasteiger charge is -2.02. The van der Waals surface area contributed by atoms with Gasteiger partial charge in [0.15, 0.2) is 5.69 Å². The highest BCUT2D eigenvalue weighted by atomic mass is 16.2. The van der Waals surface area contributed by atoms with Crippen molar-refractivity contribution in [1.29, 1.82) is 0 Å². The minimum atomic E-state index is -0.306. The van der Waals surface area contributed by atoms with E-state index in [2.05, 4.69) is 15.7 Å². The Kier molecular flexibility index (Phi) is 2.97. The molecular formula is C9H12N6O. The van der Waals surface area contributed by atoms with Crippen LogP contribution in [0.5, 0.6) is 0 Å². The fourth-order valence-corrected chi connectivity index (χ4v) is 1.23. The van der Waals surface area contributed by atoms with Crippen molar-refractivity contribution >= 4 is 5.91 Å². The van der Waals surface area contributed by atoms with E-state index < -0.39 is 0 Å². The Hall–Kier alpha value is -2.15. The molecule has 2 heterocycles. The number of aromatic nitrogens is 4. The molecule has 0 saturated heterocycles. The molecular weight excluding hydrogens is 208 g/mol. The van der Waals surface area contributed by atoms with Crippen molar-refractivity contribution in [3.63, 3.8) is 0 Å². The zero-order chi connectivity index (χ0) is 11.4. The van der Waals surface area contributed by atoms with Gasteiger partial charge in [-0.1, -0.05) is 5.21 Å². The molecule has 7 heteroatoms. The standard InChI is InChI=1S/C9H12N6O/c10-3-6-15-7-8(11-13-15)9(16)12-14-4-1-2-5-14/h1-2,4-5,7H,3,6,10H2,(H,12,16). The van der Waals surface area contributed by atoms with Crippen LogP contribution >= 0.6 is 0 Å². The van der Waals surface area contributed by atoms with E-state index in [0.29, 0.717) is 13.1 Å². The van der Waals surface area contributed by atoms with Crippen molar-refractivity contribution in [2.24, 2.45) is 5.73 Å². The van der Waals surface area contributed by atoms with E-state index >= 15 is 0 Å². The van der Waals surface area contributed by atoms with Crippen LogP contribution in [0.2, 0.25) is 0 Å². The molecule has 0 aliphatic heterocycles. The molecule has 7 nitrogen and oxygen atoms in total. The smallest absolute Gasteiger partial charge is 0.292 e. The van der Waals surface area contributed by atoms with Gasteiger partial charge >= 0.3 is 0 Å². The molecule has 3 N–H and O–H groups in total. The molecule has 0 saturated carbocycles. The summed E-state index contributed by atoms with van der Waals surface area (Å²) in [5.41, 5.74) is 8.25. The first kappa shape index (κ1) is 10.4. The molecule has 0 atom stereocenters. The first-order chi connectivity index (χ1) is 7.79. The molecule has 0 radical (unpaired) electrons. The summed E-state index contributed by atoms with van der Waals surface area (Å²) in [6.45, 7) is 1.01. The second kappa shape index (κ2) is 4.58. The van der Waals surface area contributed by atoms with Gasteiger partial charge in [0.05, 0.1) is 12.7 Å². The summed E-state index contributed by atoms with van der Waals surface area (Å²) in [7, 11) is 0. The Morgan fingerprint density at radius 3 is 2.88 bits per heavy atom. The first-order valence-electron chi connectivity index (χ1n) is 4.84. The van der Waals surface area contributed by atoms with Crippen molar-refractivity contribution in [2.45, 2.75) is 6.54 Å². The predicted molar refractivity (Wildman–Crippen MR) is 57.2 cm³/mol. The molecule has 0 spiro atoms. The van der Waals surface area contributed by atoms with Gasteiger partial charge < -0.3 is 5.73 Å². The van der Waals surface area contributed by atoms with Gasteiger partial charge in [-0.05, 0) is 12.1 Å². The summed E-state index contributed by atoms with van der Waals surface area (Å²) in [4.78, 5) is 11.7. The Morgan fingerprint density at radius 2 is 2.19 bits per heavy atom. The van der Waals surface area contributed by atoms with Crippen LogP contribution in [0.15, 0.2) is 30.7 Å². The highest BCUT2D eigenvalue weighted by Crippen LogP contribution is 1.94. The summed E-state index contributed by atoms with van der Waals surface area (Å²) in [6.07, 6.45) is 5.01. The second-order valence-corrected chi connectivity index (χ2v) is 3.19. The number of carbonyl (C=O) groups excluding carboxylic acids is 1. The van der Waals surface area contributed by atoms with Crippen LogP contribution in [-0.2, 0) is 6.54 Å². The van der Waals surface area contributed by atoms with Crippen LogP contribution in [0.25, 0.3) is 0 Å². The molecule has 2 rings (SSSR count). The molecule has 2 aromatic heterocycles. The third kappa shape index (κ3) is 2.26. The average molecular weight is 220 g/mol. The molecule has 1 amide bonds. The molecule has 0 bridgehead atoms. The number of nitrogens with two attached hydrogens (primary N) is 1. The lowest BCUT2D eigenvalue weighted by Crippen LogP contribution is -2.21. The zero-order valence-corrected chi connectivity index (χ0v) is 8.58. The number of rotatable bonds is 4. The van der Waals surface area contributed by atoms with Gasteiger partial charge in [0.2, 0.25) is 0 Å². The summed E-state index contributed by atoms with van der Waals surface area (Å²) >= 11 is 0. The summed E-state index contributed by atoms with van der Waals surface area (Å²) in [6, 6.07) is 3.62. The van der Waals surface area contributed by atoms with Crippen molar-refractivity contribution < 1.29 is 4.79 Å². The zero-order valence-electron chi connectivity index (χ0n) is 8.58. The van der Waals surface area contributed by atoms with Gasteiger partial charge in [-0.3, -0.25) is 19.6 Å². The SMILES string of the molecule is NCCn1cc(C(=O)Nn2cccc2)nn1. The number of carbonyl (C=O) groups is 1. The van der Waals surface area contributed by atoms with Crippen LogP contribution in [-0.4, -0.2) is 32.1 Å². The molecule has 0 fully saturated rings. The third-order valence-corrected chi connectivity index (χ3v) is 1.96. The fourth-order valence-electron chi connectivity index (χ4n) is 1.23. The number of hydrogen-bond donors (Lipinski definition) is 2. The van der Waals surface area contributed by atoms with E-state index in [1.54, 1.807) is 23.3 Å². The molecule has 84 valence electrons. The van der Waals surface area contributed by atoms with Crippen LogP contribution in [0.4, 0.5) is 0 Å². The van der Waals surface area contributed by atoms with E-state index in [0.717, 1.165) is 0 Å². The second-order valence-electron chi connectivity index (χ2n) is 3.19. The minimum Gasteiger partial charge on any atom is -0.329 e. The van der Waals surface area contributed by atoms with Gasteiger partial charge in [0.1, 0.15) is 0 Å². The molecule has 2 aromatic rings. The molecule has 16 heavy (non-hydrogen) atoms. The van der Waals surface area contributed by atoms with E-state index in [4.69, 9.17) is 5.73 Å². The van der Waals surface area contributed by atoms with Crippen molar-refractivity contribution in [3.05, 3.63) is 36.4 Å². The average Bonchev–Trinajstić information content (AvgIpc) is 2.89. The lowest BCUT2D eigenvalue weighted by atomic mass is 10.4. The molecule has 0 aromatic carbocycles. The number of amides is 1. The normalized spacial score (nSPS) is 10.3. The number of nitrogens with zero attached hydrogens (tertiary/aromatic N) is 4. The van der Waals surface area contributed by atoms with Crippen molar-refractivity contribution in [1.82, 2.24) is 19.7 Å². The Labute approximate surface area is 91.8 Å². The Bertz CT molecular complexity index is 460. The highest BCUT2D eigenvalue weighted by Gasteiger charge is 2.10. The van der Waals surface area contributed by atoms with E-state index in [9.17, 15) is 4.79 Å². The summed E-state index contributed by atoms with van der Waals surface area (Å²) < 4.78 is 3.08. The van der Waals surface area contributed by atoms with E-state index in [1.807, 2.05) is 12.1 Å². The quantitative estimate of drug-likeness (QED) is 0.721. The fraction of sp³-hybridized carbons (Fsp3) is 0.222. The van der Waals surface area contributed by atoms with Gasteiger partial charge in [-0.25, -0.2) is 0 Å². The van der Waals surface area contributed by atoms with Gasteiger partial charge in [0.25, 0.3) is 5.91 Å². The summed E-state index contributed by atoms with van der Waals surface area (Å²) in [5.74, 6) is -0.306. The van der Waals surface area contributed by atoms with Crippen LogP contribution in [0.3, 0.4) is 0 Å². The largest absolute Gasteiger partial charge is 0.329 e. The first-order valence-corrected chi connectivity index (χ1v) is 4.84. The minimum absolute atomic E-state index is 0.266. The van der Waals surface area contributed by atoms with Gasteiger partial charge in [0, 0.05) is 18.9 Å². The Morgan fingerprint density at radius 1 is 1.44 bits per heavy atom. The van der Waals surface area contributed by atoms with E-state index in [-0.39, 0.29) is 11.6 Å². The highest BCUT2D eigenvalue weighted by molar-refractivity contribution is 5.97. The number of nitrogens with one attached hydrogen (secondary N) is 1. The monoisotopic (exact) mass is 220 g/mol. The molecule has 0 aliphatic rings. The van der Waals surface area contributed by atoms with Crippen molar-refractivity contribution in [3.8, 4) is 0 Å². The third-order valence-electron chi connectivity index (χ3n) is 1.96. The van der Waals surface area contributed by atoms with E-state index in [1.165, 1.54) is 4.68 Å². The molecule has 0 aliphatic carbocycles. The Balaban J connectivity index is 2.03.